The fourth-order valence-electron chi connectivity index (χ4n) is 6.02. The number of halogens is 1. The first-order chi connectivity index (χ1) is 8.78. The number of alkyl halides is 1. The van der Waals surface area contributed by atoms with E-state index in [2.05, 4.69) is 20.8 Å². The first-order valence-corrected chi connectivity index (χ1v) is 8.47. The summed E-state index contributed by atoms with van der Waals surface area (Å²) in [6.45, 7) is 9.10. The van der Waals surface area contributed by atoms with Gasteiger partial charge in [0.2, 0.25) is 0 Å². The first-order valence-electron chi connectivity index (χ1n) is 8.47. The summed E-state index contributed by atoms with van der Waals surface area (Å²) in [7, 11) is 0. The molecular formula is C18H31F. The number of hydrogen-bond acceptors (Lipinski definition) is 0. The van der Waals surface area contributed by atoms with Crippen molar-refractivity contribution >= 4 is 0 Å². The van der Waals surface area contributed by atoms with E-state index >= 15 is 0 Å². The summed E-state index contributed by atoms with van der Waals surface area (Å²) in [6.07, 6.45) is 9.84. The summed E-state index contributed by atoms with van der Waals surface area (Å²) in [4.78, 5) is 0. The Balaban J connectivity index is 1.93. The Kier molecular flexibility index (Phi) is 3.08. The van der Waals surface area contributed by atoms with Crippen LogP contribution in [0.3, 0.4) is 0 Å². The highest BCUT2D eigenvalue weighted by Gasteiger charge is 2.61. The van der Waals surface area contributed by atoms with Gasteiger partial charge in [-0.15, -0.1) is 0 Å². The molecule has 5 atom stereocenters. The van der Waals surface area contributed by atoms with Crippen LogP contribution in [0.5, 0.6) is 0 Å². The topological polar surface area (TPSA) is 0 Å². The van der Waals surface area contributed by atoms with Crippen molar-refractivity contribution in [1.29, 1.82) is 0 Å². The Morgan fingerprint density at radius 2 is 1.47 bits per heavy atom. The molecule has 0 aromatic heterocycles. The maximum atomic E-state index is 15.0. The van der Waals surface area contributed by atoms with Gasteiger partial charge in [-0.3, -0.25) is 0 Å². The molecule has 3 rings (SSSR count). The minimum Gasteiger partial charge on any atom is -0.244 e. The van der Waals surface area contributed by atoms with Gasteiger partial charge in [0.1, 0.15) is 5.67 Å². The average Bonchev–Trinajstić information content (AvgIpc) is 2.46. The highest BCUT2D eigenvalue weighted by atomic mass is 19.1. The first kappa shape index (κ1) is 13.9. The van der Waals surface area contributed by atoms with Crippen molar-refractivity contribution in [2.24, 2.45) is 28.6 Å². The van der Waals surface area contributed by atoms with Crippen LogP contribution < -0.4 is 0 Å². The van der Waals surface area contributed by atoms with Gasteiger partial charge in [-0.05, 0) is 68.6 Å². The molecule has 3 aliphatic carbocycles. The lowest BCUT2D eigenvalue weighted by atomic mass is 9.53. The van der Waals surface area contributed by atoms with Crippen molar-refractivity contribution in [2.45, 2.75) is 84.7 Å². The zero-order valence-electron chi connectivity index (χ0n) is 13.3. The molecular weight excluding hydrogens is 235 g/mol. The van der Waals surface area contributed by atoms with E-state index in [0.717, 1.165) is 31.1 Å². The predicted octanol–water partition coefficient (Wildman–Crippen LogP) is 5.76. The largest absolute Gasteiger partial charge is 0.244 e. The summed E-state index contributed by atoms with van der Waals surface area (Å²) in [5.41, 5.74) is -0.467. The molecule has 0 N–H and O–H groups in total. The van der Waals surface area contributed by atoms with E-state index in [1.54, 1.807) is 0 Å². The Morgan fingerprint density at radius 3 is 2.21 bits per heavy atom. The Hall–Kier alpha value is -0.0700. The second-order valence-electron chi connectivity index (χ2n) is 8.80. The van der Waals surface area contributed by atoms with Crippen molar-refractivity contribution in [3.05, 3.63) is 0 Å². The van der Waals surface area contributed by atoms with Crippen molar-refractivity contribution in [3.63, 3.8) is 0 Å². The fourth-order valence-corrected chi connectivity index (χ4v) is 6.02. The number of hydrogen-bond donors (Lipinski definition) is 0. The van der Waals surface area contributed by atoms with Gasteiger partial charge in [-0.1, -0.05) is 33.6 Å². The Bertz CT molecular complexity index is 357. The average molecular weight is 266 g/mol. The lowest BCUT2D eigenvalue weighted by molar-refractivity contribution is -0.0721. The quantitative estimate of drug-likeness (QED) is 0.523. The standard InChI is InChI=1S/C18H31F/c1-16(2)10-6-5-7-13-14(16)8-11-17(3)15(13)9-12-18(17,4)19/h13-15H,5-12H2,1-4H3. The van der Waals surface area contributed by atoms with Gasteiger partial charge in [0.05, 0.1) is 0 Å². The molecule has 0 bridgehead atoms. The van der Waals surface area contributed by atoms with Gasteiger partial charge in [0.25, 0.3) is 0 Å². The van der Waals surface area contributed by atoms with Gasteiger partial charge >= 0.3 is 0 Å². The molecule has 3 saturated carbocycles. The van der Waals surface area contributed by atoms with E-state index in [0.29, 0.717) is 11.3 Å². The van der Waals surface area contributed by atoms with Gasteiger partial charge in [0, 0.05) is 5.41 Å². The summed E-state index contributed by atoms with van der Waals surface area (Å²) >= 11 is 0. The molecule has 3 fully saturated rings. The fraction of sp³-hybridized carbons (Fsp3) is 1.00. The monoisotopic (exact) mass is 266 g/mol. The summed E-state index contributed by atoms with van der Waals surface area (Å²) in [5, 5.41) is 0. The maximum Gasteiger partial charge on any atom is 0.113 e. The smallest absolute Gasteiger partial charge is 0.113 e. The van der Waals surface area contributed by atoms with Gasteiger partial charge in [0.15, 0.2) is 0 Å². The molecule has 0 spiro atoms. The predicted molar refractivity (Wildman–Crippen MR) is 78.8 cm³/mol. The van der Waals surface area contributed by atoms with Crippen LogP contribution in [0.1, 0.15) is 79.1 Å². The van der Waals surface area contributed by atoms with Crippen LogP contribution in [0.4, 0.5) is 4.39 Å². The normalized spacial score (nSPS) is 53.2. The van der Waals surface area contributed by atoms with Crippen LogP contribution in [0, 0.1) is 28.6 Å². The summed E-state index contributed by atoms with van der Waals surface area (Å²) in [6, 6.07) is 0. The number of fused-ring (bicyclic) bond motifs is 3. The van der Waals surface area contributed by atoms with E-state index < -0.39 is 5.67 Å². The van der Waals surface area contributed by atoms with E-state index in [4.69, 9.17) is 0 Å². The third kappa shape index (κ3) is 1.90. The molecule has 0 aromatic carbocycles. The van der Waals surface area contributed by atoms with E-state index in [-0.39, 0.29) is 5.41 Å². The highest BCUT2D eigenvalue weighted by molar-refractivity contribution is 5.10. The molecule has 0 saturated heterocycles. The van der Waals surface area contributed by atoms with Crippen molar-refractivity contribution in [3.8, 4) is 0 Å². The molecule has 0 amide bonds. The molecule has 1 heteroatoms. The SMILES string of the molecule is CC1(C)CCCCC2C1CCC1(C)C2CCC1(C)F. The van der Waals surface area contributed by atoms with Gasteiger partial charge in [-0.2, -0.15) is 0 Å². The third-order valence-corrected chi connectivity index (χ3v) is 7.55. The highest BCUT2D eigenvalue weighted by Crippen LogP contribution is 2.65. The van der Waals surface area contributed by atoms with Crippen LogP contribution in [0.15, 0.2) is 0 Å². The van der Waals surface area contributed by atoms with Gasteiger partial charge < -0.3 is 0 Å². The Labute approximate surface area is 118 Å². The van der Waals surface area contributed by atoms with Crippen molar-refractivity contribution in [1.82, 2.24) is 0 Å². The van der Waals surface area contributed by atoms with Crippen LogP contribution in [-0.2, 0) is 0 Å². The van der Waals surface area contributed by atoms with Crippen LogP contribution in [0.2, 0.25) is 0 Å². The van der Waals surface area contributed by atoms with Crippen LogP contribution in [0.25, 0.3) is 0 Å². The van der Waals surface area contributed by atoms with Crippen LogP contribution in [-0.4, -0.2) is 5.67 Å². The zero-order valence-corrected chi connectivity index (χ0v) is 13.3. The molecule has 3 aliphatic rings. The summed E-state index contributed by atoms with van der Waals surface area (Å²) in [5.74, 6) is 2.30. The molecule has 0 aromatic rings. The minimum absolute atomic E-state index is 0.0331. The molecule has 110 valence electrons. The zero-order chi connectivity index (χ0) is 13.9. The van der Waals surface area contributed by atoms with Crippen LogP contribution >= 0.6 is 0 Å². The second-order valence-corrected chi connectivity index (χ2v) is 8.80. The molecule has 0 aliphatic heterocycles. The second kappa shape index (κ2) is 4.21. The lowest BCUT2D eigenvalue weighted by Crippen LogP contribution is -2.49. The molecule has 0 radical (unpaired) electrons. The third-order valence-electron chi connectivity index (χ3n) is 7.55. The lowest BCUT2D eigenvalue weighted by Gasteiger charge is -2.53. The van der Waals surface area contributed by atoms with E-state index in [1.165, 1.54) is 32.1 Å². The molecule has 0 heterocycles. The number of rotatable bonds is 0. The molecule has 0 nitrogen and oxygen atoms in total. The Morgan fingerprint density at radius 1 is 0.789 bits per heavy atom. The molecule has 19 heavy (non-hydrogen) atoms. The van der Waals surface area contributed by atoms with Gasteiger partial charge in [-0.25, -0.2) is 4.39 Å². The van der Waals surface area contributed by atoms with E-state index in [1.807, 2.05) is 6.92 Å². The van der Waals surface area contributed by atoms with Crippen molar-refractivity contribution in [2.75, 3.05) is 0 Å². The van der Waals surface area contributed by atoms with Crippen molar-refractivity contribution < 1.29 is 4.39 Å². The maximum absolute atomic E-state index is 15.0. The van der Waals surface area contributed by atoms with E-state index in [9.17, 15) is 4.39 Å². The summed E-state index contributed by atoms with van der Waals surface area (Å²) < 4.78 is 15.0. The minimum atomic E-state index is -0.918. The molecule has 5 unspecified atom stereocenters.